The highest BCUT2D eigenvalue weighted by Crippen LogP contribution is 2.32. The fourth-order valence-corrected chi connectivity index (χ4v) is 3.51. The first kappa shape index (κ1) is 16.8. The van der Waals surface area contributed by atoms with Crippen LogP contribution in [0.4, 0.5) is 5.69 Å². The van der Waals surface area contributed by atoms with Crippen LogP contribution < -0.4 is 10.6 Å². The number of benzene rings is 2. The molecule has 2 aromatic carbocycles. The Morgan fingerprint density at radius 1 is 1.19 bits per heavy atom. The smallest absolute Gasteiger partial charge is 0.233 e. The van der Waals surface area contributed by atoms with Gasteiger partial charge in [0.05, 0.1) is 12.5 Å². The minimum Gasteiger partial charge on any atom is -0.383 e. The van der Waals surface area contributed by atoms with E-state index in [4.69, 9.17) is 4.74 Å². The van der Waals surface area contributed by atoms with E-state index in [0.717, 1.165) is 41.8 Å². The predicted molar refractivity (Wildman–Crippen MR) is 103 cm³/mol. The lowest BCUT2D eigenvalue weighted by Gasteiger charge is -2.23. The Morgan fingerprint density at radius 3 is 2.96 bits per heavy atom. The van der Waals surface area contributed by atoms with Crippen LogP contribution in [0.25, 0.3) is 10.9 Å². The standard InChI is InChI=1S/C21H23N3O2/c1-26-9-8-22-13-14-6-7-19-16(10-14)12-20(23-19)17-11-15-4-2-3-5-18(15)24-21(17)25/h2-7,10,12,17,22-23H,8-9,11,13H2,1H3,(H,24,25). The molecule has 3 aromatic rings. The largest absolute Gasteiger partial charge is 0.383 e. The summed E-state index contributed by atoms with van der Waals surface area (Å²) in [6.07, 6.45) is 0.722. The maximum atomic E-state index is 12.6. The summed E-state index contributed by atoms with van der Waals surface area (Å²) in [5.74, 6) is -0.128. The Morgan fingerprint density at radius 2 is 2.08 bits per heavy atom. The molecular weight excluding hydrogens is 326 g/mol. The molecule has 0 aliphatic carbocycles. The number of para-hydroxylation sites is 1. The van der Waals surface area contributed by atoms with Crippen LogP contribution >= 0.6 is 0 Å². The molecular formula is C21H23N3O2. The number of aromatic amines is 1. The van der Waals surface area contributed by atoms with E-state index in [1.165, 1.54) is 11.1 Å². The van der Waals surface area contributed by atoms with Crippen molar-refractivity contribution < 1.29 is 9.53 Å². The Hall–Kier alpha value is -2.63. The molecule has 0 saturated carbocycles. The summed E-state index contributed by atoms with van der Waals surface area (Å²) in [5, 5.41) is 7.52. The van der Waals surface area contributed by atoms with Gasteiger partial charge in [-0.2, -0.15) is 0 Å². The first-order chi connectivity index (χ1) is 12.7. The number of aromatic nitrogens is 1. The maximum absolute atomic E-state index is 12.6. The number of amides is 1. The highest BCUT2D eigenvalue weighted by atomic mass is 16.5. The first-order valence-electron chi connectivity index (χ1n) is 8.94. The van der Waals surface area contributed by atoms with Gasteiger partial charge in [0, 0.05) is 37.1 Å². The molecule has 1 atom stereocenters. The van der Waals surface area contributed by atoms with Crippen molar-refractivity contribution in [1.29, 1.82) is 0 Å². The second-order valence-corrected chi connectivity index (χ2v) is 6.72. The topological polar surface area (TPSA) is 66.2 Å². The average molecular weight is 349 g/mol. The molecule has 0 fully saturated rings. The van der Waals surface area contributed by atoms with Crippen LogP contribution in [-0.2, 0) is 22.5 Å². The molecule has 1 aliphatic rings. The van der Waals surface area contributed by atoms with Crippen molar-refractivity contribution in [2.45, 2.75) is 18.9 Å². The Kier molecular flexibility index (Phi) is 4.73. The van der Waals surface area contributed by atoms with Crippen LogP contribution in [0.2, 0.25) is 0 Å². The van der Waals surface area contributed by atoms with Gasteiger partial charge >= 0.3 is 0 Å². The molecule has 3 N–H and O–H groups in total. The number of methoxy groups -OCH3 is 1. The van der Waals surface area contributed by atoms with Crippen LogP contribution in [0.3, 0.4) is 0 Å². The van der Waals surface area contributed by atoms with Gasteiger partial charge in [-0.3, -0.25) is 4.79 Å². The van der Waals surface area contributed by atoms with Crippen LogP contribution in [-0.4, -0.2) is 31.2 Å². The Labute approximate surface area is 152 Å². The van der Waals surface area contributed by atoms with Crippen molar-refractivity contribution in [2.24, 2.45) is 0 Å². The lowest BCUT2D eigenvalue weighted by Crippen LogP contribution is -2.28. The van der Waals surface area contributed by atoms with Crippen LogP contribution in [0.1, 0.15) is 22.7 Å². The summed E-state index contributed by atoms with van der Waals surface area (Å²) < 4.78 is 5.05. The third-order valence-corrected chi connectivity index (χ3v) is 4.91. The normalized spacial score (nSPS) is 16.5. The minimum absolute atomic E-state index is 0.0525. The van der Waals surface area contributed by atoms with Crippen molar-refractivity contribution in [2.75, 3.05) is 25.6 Å². The number of nitrogens with one attached hydrogen (secondary N) is 3. The van der Waals surface area contributed by atoms with Crippen LogP contribution in [0.15, 0.2) is 48.5 Å². The highest BCUT2D eigenvalue weighted by molar-refractivity contribution is 5.99. The fourth-order valence-electron chi connectivity index (χ4n) is 3.51. The molecule has 2 heterocycles. The number of H-pyrrole nitrogens is 1. The van der Waals surface area contributed by atoms with Gasteiger partial charge in [-0.15, -0.1) is 0 Å². The molecule has 1 amide bonds. The van der Waals surface area contributed by atoms with Crippen LogP contribution in [0, 0.1) is 0 Å². The van der Waals surface area contributed by atoms with Gasteiger partial charge in [-0.25, -0.2) is 0 Å². The van der Waals surface area contributed by atoms with Crippen molar-refractivity contribution in [3.8, 4) is 0 Å². The number of hydrogen-bond donors (Lipinski definition) is 3. The van der Waals surface area contributed by atoms with E-state index in [-0.39, 0.29) is 11.8 Å². The predicted octanol–water partition coefficient (Wildman–Crippen LogP) is 3.18. The Bertz CT molecular complexity index is 932. The molecule has 26 heavy (non-hydrogen) atoms. The second-order valence-electron chi connectivity index (χ2n) is 6.72. The first-order valence-corrected chi connectivity index (χ1v) is 8.94. The molecule has 5 nitrogen and oxygen atoms in total. The number of carbonyl (C=O) groups excluding carboxylic acids is 1. The highest BCUT2D eigenvalue weighted by Gasteiger charge is 2.28. The van der Waals surface area contributed by atoms with Gasteiger partial charge in [0.15, 0.2) is 0 Å². The van der Waals surface area contributed by atoms with Gasteiger partial charge in [0.2, 0.25) is 5.91 Å². The van der Waals surface area contributed by atoms with Crippen molar-refractivity contribution in [3.63, 3.8) is 0 Å². The average Bonchev–Trinajstić information content (AvgIpc) is 3.07. The number of fused-ring (bicyclic) bond motifs is 2. The zero-order valence-electron chi connectivity index (χ0n) is 14.8. The van der Waals surface area contributed by atoms with E-state index in [9.17, 15) is 4.79 Å². The number of anilines is 1. The summed E-state index contributed by atoms with van der Waals surface area (Å²) in [6, 6.07) is 16.5. The number of hydrogen-bond acceptors (Lipinski definition) is 3. The molecule has 134 valence electrons. The molecule has 0 saturated heterocycles. The van der Waals surface area contributed by atoms with Crippen molar-refractivity contribution in [3.05, 3.63) is 65.4 Å². The molecule has 4 rings (SSSR count). The number of rotatable bonds is 6. The SMILES string of the molecule is COCCNCc1ccc2[nH]c(C3Cc4ccccc4NC3=O)cc2c1. The summed E-state index contributed by atoms with van der Waals surface area (Å²) in [6.45, 7) is 2.33. The van der Waals surface area contributed by atoms with Gasteiger partial charge < -0.3 is 20.4 Å². The summed E-state index contributed by atoms with van der Waals surface area (Å²) in [5.41, 5.74) is 5.36. The number of carbonyl (C=O) groups is 1. The molecule has 1 unspecified atom stereocenters. The maximum Gasteiger partial charge on any atom is 0.233 e. The van der Waals surface area contributed by atoms with Crippen LogP contribution in [0.5, 0.6) is 0 Å². The number of ether oxygens (including phenoxy) is 1. The summed E-state index contributed by atoms with van der Waals surface area (Å²) in [4.78, 5) is 16.0. The molecule has 0 spiro atoms. The van der Waals surface area contributed by atoms with E-state index in [1.807, 2.05) is 18.2 Å². The van der Waals surface area contributed by atoms with E-state index < -0.39 is 0 Å². The second kappa shape index (κ2) is 7.32. The molecule has 1 aliphatic heterocycles. The monoisotopic (exact) mass is 349 g/mol. The van der Waals surface area contributed by atoms with Crippen molar-refractivity contribution in [1.82, 2.24) is 10.3 Å². The van der Waals surface area contributed by atoms with E-state index in [0.29, 0.717) is 6.61 Å². The molecule has 0 radical (unpaired) electrons. The van der Waals surface area contributed by atoms with E-state index in [1.54, 1.807) is 7.11 Å². The zero-order valence-corrected chi connectivity index (χ0v) is 14.8. The third-order valence-electron chi connectivity index (χ3n) is 4.91. The zero-order chi connectivity index (χ0) is 17.9. The van der Waals surface area contributed by atoms with Gasteiger partial charge in [-0.1, -0.05) is 24.3 Å². The molecule has 1 aromatic heterocycles. The van der Waals surface area contributed by atoms with E-state index >= 15 is 0 Å². The summed E-state index contributed by atoms with van der Waals surface area (Å²) >= 11 is 0. The molecule has 0 bridgehead atoms. The van der Waals surface area contributed by atoms with Crippen molar-refractivity contribution >= 4 is 22.5 Å². The molecule has 5 heteroatoms. The lowest BCUT2D eigenvalue weighted by molar-refractivity contribution is -0.117. The third kappa shape index (κ3) is 3.36. The van der Waals surface area contributed by atoms with Gasteiger partial charge in [0.25, 0.3) is 0 Å². The Balaban J connectivity index is 1.55. The minimum atomic E-state index is -0.180. The summed E-state index contributed by atoms with van der Waals surface area (Å²) in [7, 11) is 1.70. The quantitative estimate of drug-likeness (QED) is 0.599. The fraction of sp³-hybridized carbons (Fsp3) is 0.286. The van der Waals surface area contributed by atoms with Gasteiger partial charge in [-0.05, 0) is 47.2 Å². The van der Waals surface area contributed by atoms with Gasteiger partial charge in [0.1, 0.15) is 0 Å². The lowest BCUT2D eigenvalue weighted by atomic mass is 9.91. The van der Waals surface area contributed by atoms with E-state index in [2.05, 4.69) is 45.9 Å².